The van der Waals surface area contributed by atoms with E-state index in [1.54, 1.807) is 12.1 Å². The summed E-state index contributed by atoms with van der Waals surface area (Å²) in [7, 11) is 0. The van der Waals surface area contributed by atoms with Crippen molar-refractivity contribution in [1.82, 2.24) is 10.6 Å². The Morgan fingerprint density at radius 2 is 1.27 bits per heavy atom. The molecule has 5 heteroatoms. The average molecular weight is 402 g/mol. The number of rotatable bonds is 9. The number of nitrogens with two attached hydrogens (primary N) is 1. The van der Waals surface area contributed by atoms with E-state index in [9.17, 15) is 9.59 Å². The van der Waals surface area contributed by atoms with Gasteiger partial charge in [-0.1, -0.05) is 72.8 Å². The molecular weight excluding hydrogens is 374 g/mol. The third-order valence-corrected chi connectivity index (χ3v) is 4.92. The van der Waals surface area contributed by atoms with E-state index < -0.39 is 0 Å². The molecule has 3 rings (SSSR count). The Morgan fingerprint density at radius 1 is 0.733 bits per heavy atom. The molecule has 0 aromatic heterocycles. The summed E-state index contributed by atoms with van der Waals surface area (Å²) in [5.74, 6) is -0.532. The SMILES string of the molecule is NCc1ccc(C(=O)NCCCNC(=O)C(c2ccccc2)c2ccccc2)cc1. The molecule has 154 valence electrons. The Bertz CT molecular complexity index is 902. The smallest absolute Gasteiger partial charge is 0.251 e. The molecule has 0 aliphatic rings. The number of benzene rings is 3. The molecule has 0 saturated heterocycles. The first kappa shape index (κ1) is 21.3. The fourth-order valence-electron chi connectivity index (χ4n) is 3.28. The van der Waals surface area contributed by atoms with Crippen LogP contribution >= 0.6 is 0 Å². The van der Waals surface area contributed by atoms with E-state index in [1.165, 1.54) is 0 Å². The van der Waals surface area contributed by atoms with Gasteiger partial charge in [-0.15, -0.1) is 0 Å². The molecule has 5 nitrogen and oxygen atoms in total. The fraction of sp³-hybridized carbons (Fsp3) is 0.200. The Kier molecular flexibility index (Phi) is 7.75. The molecule has 0 aliphatic carbocycles. The molecule has 3 aromatic carbocycles. The third-order valence-electron chi connectivity index (χ3n) is 4.92. The second-order valence-corrected chi connectivity index (χ2v) is 7.06. The first-order valence-electron chi connectivity index (χ1n) is 10.1. The minimum absolute atomic E-state index is 0.0453. The van der Waals surface area contributed by atoms with Gasteiger partial charge in [0.05, 0.1) is 5.92 Å². The average Bonchev–Trinajstić information content (AvgIpc) is 2.80. The van der Waals surface area contributed by atoms with E-state index in [0.717, 1.165) is 16.7 Å². The van der Waals surface area contributed by atoms with Crippen LogP contribution in [0, 0.1) is 0 Å². The van der Waals surface area contributed by atoms with E-state index in [4.69, 9.17) is 5.73 Å². The van der Waals surface area contributed by atoms with Gasteiger partial charge in [0.15, 0.2) is 0 Å². The van der Waals surface area contributed by atoms with Gasteiger partial charge in [-0.25, -0.2) is 0 Å². The predicted octanol–water partition coefficient (Wildman–Crippen LogP) is 3.21. The van der Waals surface area contributed by atoms with E-state index in [-0.39, 0.29) is 17.7 Å². The van der Waals surface area contributed by atoms with Crippen LogP contribution in [0.2, 0.25) is 0 Å². The lowest BCUT2D eigenvalue weighted by Crippen LogP contribution is -2.33. The van der Waals surface area contributed by atoms with Crippen molar-refractivity contribution < 1.29 is 9.59 Å². The van der Waals surface area contributed by atoms with Crippen LogP contribution in [0.4, 0.5) is 0 Å². The summed E-state index contributed by atoms with van der Waals surface area (Å²) in [6.45, 7) is 1.43. The lowest BCUT2D eigenvalue weighted by Gasteiger charge is -2.18. The van der Waals surface area contributed by atoms with Crippen LogP contribution in [0.1, 0.15) is 39.4 Å². The summed E-state index contributed by atoms with van der Waals surface area (Å²) in [6, 6.07) is 26.7. The fourth-order valence-corrected chi connectivity index (χ4v) is 3.28. The van der Waals surface area contributed by atoms with Crippen LogP contribution in [0.25, 0.3) is 0 Å². The highest BCUT2D eigenvalue weighted by molar-refractivity contribution is 5.94. The van der Waals surface area contributed by atoms with Crippen LogP contribution in [-0.2, 0) is 11.3 Å². The maximum Gasteiger partial charge on any atom is 0.251 e. The number of hydrogen-bond acceptors (Lipinski definition) is 3. The van der Waals surface area contributed by atoms with Gasteiger partial charge in [-0.3, -0.25) is 9.59 Å². The van der Waals surface area contributed by atoms with E-state index >= 15 is 0 Å². The minimum Gasteiger partial charge on any atom is -0.355 e. The van der Waals surface area contributed by atoms with E-state index in [0.29, 0.717) is 31.6 Å². The molecular formula is C25H27N3O2. The van der Waals surface area contributed by atoms with Crippen LogP contribution in [0.15, 0.2) is 84.9 Å². The quantitative estimate of drug-likeness (QED) is 0.482. The van der Waals surface area contributed by atoms with E-state index in [1.807, 2.05) is 72.8 Å². The Morgan fingerprint density at radius 3 is 1.80 bits per heavy atom. The van der Waals surface area contributed by atoms with Gasteiger partial charge >= 0.3 is 0 Å². The minimum atomic E-state index is -0.358. The lowest BCUT2D eigenvalue weighted by atomic mass is 9.90. The molecule has 0 unspecified atom stereocenters. The van der Waals surface area contributed by atoms with Gasteiger partial charge in [-0.2, -0.15) is 0 Å². The van der Waals surface area contributed by atoms with Crippen LogP contribution < -0.4 is 16.4 Å². The van der Waals surface area contributed by atoms with Gasteiger partial charge < -0.3 is 16.4 Å². The van der Waals surface area contributed by atoms with Crippen molar-refractivity contribution in [3.8, 4) is 0 Å². The van der Waals surface area contributed by atoms with Crippen molar-refractivity contribution in [2.24, 2.45) is 5.73 Å². The standard InChI is InChI=1S/C25H27N3O2/c26-18-19-12-14-22(15-13-19)24(29)27-16-7-17-28-25(30)23(20-8-3-1-4-9-20)21-10-5-2-6-11-21/h1-6,8-15,23H,7,16-18,26H2,(H,27,29)(H,28,30). The highest BCUT2D eigenvalue weighted by Crippen LogP contribution is 2.24. The first-order chi connectivity index (χ1) is 14.7. The first-order valence-corrected chi connectivity index (χ1v) is 10.1. The van der Waals surface area contributed by atoms with Gasteiger partial charge in [0, 0.05) is 25.2 Å². The van der Waals surface area contributed by atoms with Crippen molar-refractivity contribution in [3.05, 3.63) is 107 Å². The zero-order chi connectivity index (χ0) is 21.2. The Hall–Kier alpha value is -3.44. The summed E-state index contributed by atoms with van der Waals surface area (Å²) in [6.07, 6.45) is 0.647. The highest BCUT2D eigenvalue weighted by Gasteiger charge is 2.21. The zero-order valence-corrected chi connectivity index (χ0v) is 16.9. The largest absolute Gasteiger partial charge is 0.355 e. The number of carbonyl (C=O) groups excluding carboxylic acids is 2. The number of amides is 2. The van der Waals surface area contributed by atoms with Crippen molar-refractivity contribution in [3.63, 3.8) is 0 Å². The monoisotopic (exact) mass is 401 g/mol. The predicted molar refractivity (Wildman–Crippen MR) is 119 cm³/mol. The summed E-state index contributed by atoms with van der Waals surface area (Å²) >= 11 is 0. The molecule has 3 aromatic rings. The molecule has 0 radical (unpaired) electrons. The van der Waals surface area contributed by atoms with Crippen LogP contribution in [0.3, 0.4) is 0 Å². The summed E-state index contributed by atoms with van der Waals surface area (Å²) in [5, 5.41) is 5.89. The third kappa shape index (κ3) is 5.78. The normalized spacial score (nSPS) is 10.6. The highest BCUT2D eigenvalue weighted by atomic mass is 16.2. The van der Waals surface area contributed by atoms with Crippen molar-refractivity contribution in [2.45, 2.75) is 18.9 Å². The molecule has 0 spiro atoms. The van der Waals surface area contributed by atoms with Crippen LogP contribution in [-0.4, -0.2) is 24.9 Å². The zero-order valence-electron chi connectivity index (χ0n) is 16.9. The van der Waals surface area contributed by atoms with Crippen molar-refractivity contribution >= 4 is 11.8 Å². The van der Waals surface area contributed by atoms with Gasteiger partial charge in [-0.05, 0) is 35.2 Å². The number of hydrogen-bond donors (Lipinski definition) is 3. The molecule has 0 saturated carbocycles. The van der Waals surface area contributed by atoms with Gasteiger partial charge in [0.2, 0.25) is 5.91 Å². The Balaban J connectivity index is 1.50. The van der Waals surface area contributed by atoms with Gasteiger partial charge in [0.25, 0.3) is 5.91 Å². The maximum atomic E-state index is 12.9. The van der Waals surface area contributed by atoms with E-state index in [2.05, 4.69) is 10.6 Å². The summed E-state index contributed by atoms with van der Waals surface area (Å²) in [4.78, 5) is 25.1. The summed E-state index contributed by atoms with van der Waals surface area (Å²) in [5.41, 5.74) is 9.07. The summed E-state index contributed by atoms with van der Waals surface area (Å²) < 4.78 is 0. The molecule has 0 atom stereocenters. The molecule has 30 heavy (non-hydrogen) atoms. The topological polar surface area (TPSA) is 84.2 Å². The van der Waals surface area contributed by atoms with Crippen molar-refractivity contribution in [2.75, 3.05) is 13.1 Å². The second kappa shape index (κ2) is 10.9. The van der Waals surface area contributed by atoms with Crippen LogP contribution in [0.5, 0.6) is 0 Å². The molecule has 0 fully saturated rings. The number of carbonyl (C=O) groups is 2. The Labute approximate surface area is 177 Å². The molecule has 0 heterocycles. The maximum absolute atomic E-state index is 12.9. The van der Waals surface area contributed by atoms with Gasteiger partial charge in [0.1, 0.15) is 0 Å². The van der Waals surface area contributed by atoms with Crippen molar-refractivity contribution in [1.29, 1.82) is 0 Å². The number of nitrogens with one attached hydrogen (secondary N) is 2. The molecule has 0 bridgehead atoms. The lowest BCUT2D eigenvalue weighted by molar-refractivity contribution is -0.121. The second-order valence-electron chi connectivity index (χ2n) is 7.06. The molecule has 2 amide bonds. The molecule has 0 aliphatic heterocycles. The molecule has 4 N–H and O–H groups in total.